The Morgan fingerprint density at radius 2 is 2.32 bits per heavy atom. The molecule has 2 rings (SSSR count). The molecule has 0 saturated carbocycles. The zero-order valence-corrected chi connectivity index (χ0v) is 11.6. The SMILES string of the molecule is CCc1nc(CC(=O)N2CCC(N)C2)c(C(=O)O)s1. The van der Waals surface area contributed by atoms with E-state index in [-0.39, 0.29) is 23.2 Å². The van der Waals surface area contributed by atoms with Crippen molar-refractivity contribution in [2.75, 3.05) is 13.1 Å². The van der Waals surface area contributed by atoms with Crippen molar-refractivity contribution in [3.63, 3.8) is 0 Å². The first-order chi connectivity index (χ1) is 9.01. The van der Waals surface area contributed by atoms with Crippen molar-refractivity contribution in [3.8, 4) is 0 Å². The number of likely N-dealkylation sites (tertiary alicyclic amines) is 1. The van der Waals surface area contributed by atoms with Crippen molar-refractivity contribution in [2.24, 2.45) is 5.73 Å². The van der Waals surface area contributed by atoms with Crippen LogP contribution in [0.4, 0.5) is 0 Å². The number of carboxylic acids is 1. The first-order valence-electron chi connectivity index (χ1n) is 6.26. The van der Waals surface area contributed by atoms with Gasteiger partial charge >= 0.3 is 5.97 Å². The lowest BCUT2D eigenvalue weighted by atomic mass is 10.2. The summed E-state index contributed by atoms with van der Waals surface area (Å²) in [6, 6.07) is 0.0320. The third kappa shape index (κ3) is 3.10. The van der Waals surface area contributed by atoms with Crippen molar-refractivity contribution in [1.82, 2.24) is 9.88 Å². The van der Waals surface area contributed by atoms with E-state index >= 15 is 0 Å². The van der Waals surface area contributed by atoms with Crippen molar-refractivity contribution < 1.29 is 14.7 Å². The number of rotatable bonds is 4. The van der Waals surface area contributed by atoms with Crippen molar-refractivity contribution >= 4 is 23.2 Å². The molecular weight excluding hydrogens is 266 g/mol. The summed E-state index contributed by atoms with van der Waals surface area (Å²) in [7, 11) is 0. The van der Waals surface area contributed by atoms with Gasteiger partial charge in [-0.25, -0.2) is 9.78 Å². The molecule has 1 saturated heterocycles. The van der Waals surface area contributed by atoms with Crippen LogP contribution < -0.4 is 5.73 Å². The van der Waals surface area contributed by atoms with E-state index in [1.165, 1.54) is 0 Å². The number of nitrogens with two attached hydrogens (primary N) is 1. The molecule has 1 amide bonds. The average molecular weight is 283 g/mol. The summed E-state index contributed by atoms with van der Waals surface area (Å²) in [5.41, 5.74) is 6.13. The minimum atomic E-state index is -1.02. The summed E-state index contributed by atoms with van der Waals surface area (Å²) in [6.07, 6.45) is 1.52. The number of aromatic carboxylic acids is 1. The highest BCUT2D eigenvalue weighted by atomic mass is 32.1. The topological polar surface area (TPSA) is 96.5 Å². The molecule has 1 aromatic rings. The standard InChI is InChI=1S/C12H17N3O3S/c1-2-9-14-8(11(19-9)12(17)18)5-10(16)15-4-3-7(13)6-15/h7H,2-6,13H2,1H3,(H,17,18). The van der Waals surface area contributed by atoms with E-state index in [1.54, 1.807) is 4.90 Å². The zero-order valence-electron chi connectivity index (χ0n) is 10.8. The summed E-state index contributed by atoms with van der Waals surface area (Å²) in [5, 5.41) is 9.87. The predicted octanol–water partition coefficient (Wildman–Crippen LogP) is 0.506. The molecule has 1 atom stereocenters. The number of carbonyl (C=O) groups excluding carboxylic acids is 1. The van der Waals surface area contributed by atoms with Crippen LogP contribution in [0.3, 0.4) is 0 Å². The second kappa shape index (κ2) is 5.66. The summed E-state index contributed by atoms with van der Waals surface area (Å²) >= 11 is 1.15. The molecule has 3 N–H and O–H groups in total. The molecule has 2 heterocycles. The Bertz CT molecular complexity index is 500. The van der Waals surface area contributed by atoms with Gasteiger partial charge in [0, 0.05) is 19.1 Å². The fraction of sp³-hybridized carbons (Fsp3) is 0.583. The van der Waals surface area contributed by atoms with Gasteiger partial charge < -0.3 is 15.7 Å². The molecule has 0 bridgehead atoms. The molecule has 0 spiro atoms. The van der Waals surface area contributed by atoms with Crippen LogP contribution in [0.5, 0.6) is 0 Å². The molecule has 1 aromatic heterocycles. The summed E-state index contributed by atoms with van der Waals surface area (Å²) in [4.78, 5) is 29.3. The van der Waals surface area contributed by atoms with E-state index in [2.05, 4.69) is 4.98 Å². The number of carboxylic acid groups (broad SMARTS) is 1. The van der Waals surface area contributed by atoms with Crippen LogP contribution in [0.2, 0.25) is 0 Å². The maximum Gasteiger partial charge on any atom is 0.347 e. The second-order valence-corrected chi connectivity index (χ2v) is 5.69. The highest BCUT2D eigenvalue weighted by Gasteiger charge is 2.26. The van der Waals surface area contributed by atoms with E-state index in [0.29, 0.717) is 25.2 Å². The molecule has 19 heavy (non-hydrogen) atoms. The van der Waals surface area contributed by atoms with Gasteiger partial charge in [0.25, 0.3) is 0 Å². The quantitative estimate of drug-likeness (QED) is 0.839. The lowest BCUT2D eigenvalue weighted by Crippen LogP contribution is -2.33. The predicted molar refractivity (Wildman–Crippen MR) is 71.3 cm³/mol. The first-order valence-corrected chi connectivity index (χ1v) is 7.08. The van der Waals surface area contributed by atoms with Gasteiger partial charge in [-0.3, -0.25) is 4.79 Å². The van der Waals surface area contributed by atoms with Gasteiger partial charge in [-0.15, -0.1) is 11.3 Å². The van der Waals surface area contributed by atoms with E-state index < -0.39 is 5.97 Å². The smallest absolute Gasteiger partial charge is 0.347 e. The molecule has 1 fully saturated rings. The number of amides is 1. The number of hydrogen-bond acceptors (Lipinski definition) is 5. The Labute approximate surface area is 115 Å². The molecule has 0 aliphatic carbocycles. The van der Waals surface area contributed by atoms with Gasteiger partial charge in [0.15, 0.2) is 0 Å². The van der Waals surface area contributed by atoms with Gasteiger partial charge in [-0.1, -0.05) is 6.92 Å². The number of aryl methyl sites for hydroxylation is 1. The Morgan fingerprint density at radius 3 is 2.84 bits per heavy atom. The summed E-state index contributed by atoms with van der Waals surface area (Å²) in [6.45, 7) is 3.11. The van der Waals surface area contributed by atoms with Crippen LogP contribution in [0.25, 0.3) is 0 Å². The maximum atomic E-state index is 12.1. The Balaban J connectivity index is 2.11. The fourth-order valence-corrected chi connectivity index (χ4v) is 2.97. The first kappa shape index (κ1) is 14.0. The molecule has 0 radical (unpaired) electrons. The third-order valence-corrected chi connectivity index (χ3v) is 4.36. The number of nitrogens with zero attached hydrogens (tertiary/aromatic N) is 2. The number of carbonyl (C=O) groups is 2. The van der Waals surface area contributed by atoms with Crippen molar-refractivity contribution in [2.45, 2.75) is 32.2 Å². The molecule has 104 valence electrons. The minimum absolute atomic E-state index is 0.0320. The van der Waals surface area contributed by atoms with Crippen LogP contribution in [-0.4, -0.2) is 46.0 Å². The molecular formula is C12H17N3O3S. The molecule has 1 aliphatic rings. The molecule has 7 heteroatoms. The monoisotopic (exact) mass is 283 g/mol. The third-order valence-electron chi connectivity index (χ3n) is 3.13. The van der Waals surface area contributed by atoms with Gasteiger partial charge in [-0.2, -0.15) is 0 Å². The maximum absolute atomic E-state index is 12.1. The van der Waals surface area contributed by atoms with Gasteiger partial charge in [0.05, 0.1) is 17.1 Å². The Morgan fingerprint density at radius 1 is 1.58 bits per heavy atom. The van der Waals surface area contributed by atoms with E-state index in [0.717, 1.165) is 22.8 Å². The normalized spacial score (nSPS) is 18.8. The number of aromatic nitrogens is 1. The largest absolute Gasteiger partial charge is 0.477 e. The summed E-state index contributed by atoms with van der Waals surface area (Å²) < 4.78 is 0. The fourth-order valence-electron chi connectivity index (χ4n) is 2.11. The highest BCUT2D eigenvalue weighted by Crippen LogP contribution is 2.21. The lowest BCUT2D eigenvalue weighted by molar-refractivity contribution is -0.129. The number of thiazole rings is 1. The molecule has 1 aliphatic heterocycles. The second-order valence-electron chi connectivity index (χ2n) is 4.61. The molecule has 6 nitrogen and oxygen atoms in total. The van der Waals surface area contributed by atoms with Gasteiger partial charge in [-0.05, 0) is 12.8 Å². The van der Waals surface area contributed by atoms with E-state index in [4.69, 9.17) is 10.8 Å². The van der Waals surface area contributed by atoms with Gasteiger partial charge in [0.2, 0.25) is 5.91 Å². The zero-order chi connectivity index (χ0) is 14.0. The van der Waals surface area contributed by atoms with Crippen molar-refractivity contribution in [3.05, 3.63) is 15.6 Å². The van der Waals surface area contributed by atoms with Crippen LogP contribution in [0.1, 0.15) is 33.7 Å². The molecule has 0 aromatic carbocycles. The van der Waals surface area contributed by atoms with Crippen LogP contribution in [0, 0.1) is 0 Å². The van der Waals surface area contributed by atoms with Crippen molar-refractivity contribution in [1.29, 1.82) is 0 Å². The Hall–Kier alpha value is -1.47. The van der Waals surface area contributed by atoms with E-state index in [1.807, 2.05) is 6.92 Å². The highest BCUT2D eigenvalue weighted by molar-refractivity contribution is 7.13. The summed E-state index contributed by atoms with van der Waals surface area (Å²) in [5.74, 6) is -1.11. The average Bonchev–Trinajstić information content (AvgIpc) is 2.95. The van der Waals surface area contributed by atoms with Gasteiger partial charge in [0.1, 0.15) is 4.88 Å². The van der Waals surface area contributed by atoms with Crippen LogP contribution in [-0.2, 0) is 17.6 Å². The van der Waals surface area contributed by atoms with E-state index in [9.17, 15) is 9.59 Å². The Kier molecular flexibility index (Phi) is 4.16. The van der Waals surface area contributed by atoms with Crippen LogP contribution in [0.15, 0.2) is 0 Å². The minimum Gasteiger partial charge on any atom is -0.477 e. The number of hydrogen-bond donors (Lipinski definition) is 2. The lowest BCUT2D eigenvalue weighted by Gasteiger charge is -2.15. The molecule has 1 unspecified atom stereocenters. The van der Waals surface area contributed by atoms with Crippen LogP contribution >= 0.6 is 11.3 Å².